The molecule has 1 aromatic heterocycles. The Kier molecular flexibility index (Phi) is 5.18. The number of aryl methyl sites for hydroxylation is 2. The molecule has 0 aliphatic rings. The number of nitrogens with one attached hydrogen (secondary N) is 1. The van der Waals surface area contributed by atoms with Crippen LogP contribution in [0.2, 0.25) is 0 Å². The summed E-state index contributed by atoms with van der Waals surface area (Å²) in [6.45, 7) is 11.8. The van der Waals surface area contributed by atoms with Crippen molar-refractivity contribution in [3.05, 3.63) is 53.1 Å². The Morgan fingerprint density at radius 2 is 1.81 bits per heavy atom. The van der Waals surface area contributed by atoms with E-state index in [0.29, 0.717) is 12.1 Å². The van der Waals surface area contributed by atoms with Gasteiger partial charge in [-0.2, -0.15) is 0 Å². The molecule has 2 aromatic rings. The predicted octanol–water partition coefficient (Wildman–Crippen LogP) is 4.11. The van der Waals surface area contributed by atoms with Crippen LogP contribution in [0.3, 0.4) is 0 Å². The molecular weight excluding hydrogens is 258 g/mol. The lowest BCUT2D eigenvalue weighted by Gasteiger charge is -2.28. The predicted molar refractivity (Wildman–Crippen MR) is 88.6 cm³/mol. The lowest BCUT2D eigenvalue weighted by atomic mass is 9.98. The zero-order chi connectivity index (χ0) is 15.4. The summed E-state index contributed by atoms with van der Waals surface area (Å²) in [5.74, 6) is 0. The molecule has 2 atom stereocenters. The number of imidazole rings is 1. The van der Waals surface area contributed by atoms with Crippen molar-refractivity contribution >= 4 is 0 Å². The second-order valence-corrected chi connectivity index (χ2v) is 5.91. The smallest absolute Gasteiger partial charge is 0.0954 e. The van der Waals surface area contributed by atoms with E-state index in [9.17, 15) is 0 Å². The van der Waals surface area contributed by atoms with Crippen molar-refractivity contribution in [1.29, 1.82) is 0 Å². The monoisotopic (exact) mass is 285 g/mol. The molecule has 21 heavy (non-hydrogen) atoms. The molecule has 0 spiro atoms. The van der Waals surface area contributed by atoms with Crippen molar-refractivity contribution < 1.29 is 0 Å². The van der Waals surface area contributed by atoms with Gasteiger partial charge in [-0.15, -0.1) is 0 Å². The van der Waals surface area contributed by atoms with E-state index in [-0.39, 0.29) is 0 Å². The van der Waals surface area contributed by atoms with Crippen LogP contribution in [0.5, 0.6) is 0 Å². The normalized spacial score (nSPS) is 14.1. The molecule has 0 amide bonds. The van der Waals surface area contributed by atoms with Gasteiger partial charge in [-0.3, -0.25) is 0 Å². The first kappa shape index (κ1) is 15.8. The highest BCUT2D eigenvalue weighted by atomic mass is 15.1. The summed E-state index contributed by atoms with van der Waals surface area (Å²) in [5, 5.41) is 3.69. The van der Waals surface area contributed by atoms with Crippen LogP contribution >= 0.6 is 0 Å². The summed E-state index contributed by atoms with van der Waals surface area (Å²) in [5.41, 5.74) is 5.00. The Balaban J connectivity index is 2.30. The Bertz CT molecular complexity index is 569. The maximum absolute atomic E-state index is 4.44. The zero-order valence-corrected chi connectivity index (χ0v) is 13.9. The Morgan fingerprint density at radius 1 is 1.14 bits per heavy atom. The molecule has 0 saturated carbocycles. The quantitative estimate of drug-likeness (QED) is 0.865. The lowest BCUT2D eigenvalue weighted by molar-refractivity contribution is 0.374. The van der Waals surface area contributed by atoms with Crippen LogP contribution in [0.25, 0.3) is 0 Å². The summed E-state index contributed by atoms with van der Waals surface area (Å²) in [7, 11) is 0. The van der Waals surface area contributed by atoms with E-state index in [1.807, 2.05) is 6.33 Å². The van der Waals surface area contributed by atoms with Crippen LogP contribution in [-0.4, -0.2) is 16.1 Å². The molecule has 0 fully saturated rings. The van der Waals surface area contributed by atoms with E-state index in [1.54, 1.807) is 0 Å². The third-order valence-electron chi connectivity index (χ3n) is 4.26. The fourth-order valence-corrected chi connectivity index (χ4v) is 2.73. The van der Waals surface area contributed by atoms with E-state index in [4.69, 9.17) is 0 Å². The molecule has 3 nitrogen and oxygen atoms in total. The molecule has 0 aliphatic carbocycles. The molecule has 3 heteroatoms. The highest BCUT2D eigenvalue weighted by molar-refractivity contribution is 5.25. The van der Waals surface area contributed by atoms with Gasteiger partial charge in [0.05, 0.1) is 24.1 Å². The first-order valence-electron chi connectivity index (χ1n) is 7.84. The minimum Gasteiger partial charge on any atom is -0.330 e. The van der Waals surface area contributed by atoms with Crippen molar-refractivity contribution in [2.75, 3.05) is 6.54 Å². The van der Waals surface area contributed by atoms with E-state index in [1.165, 1.54) is 16.8 Å². The van der Waals surface area contributed by atoms with Gasteiger partial charge in [-0.25, -0.2) is 4.98 Å². The average Bonchev–Trinajstić information content (AvgIpc) is 2.81. The number of aromatic nitrogens is 2. The Morgan fingerprint density at radius 3 is 2.33 bits per heavy atom. The van der Waals surface area contributed by atoms with Crippen LogP contribution in [0.1, 0.15) is 54.9 Å². The first-order chi connectivity index (χ1) is 10.0. The van der Waals surface area contributed by atoms with Crippen molar-refractivity contribution in [1.82, 2.24) is 14.9 Å². The summed E-state index contributed by atoms with van der Waals surface area (Å²) in [4.78, 5) is 4.44. The van der Waals surface area contributed by atoms with Gasteiger partial charge in [0, 0.05) is 5.69 Å². The summed E-state index contributed by atoms with van der Waals surface area (Å²) in [6, 6.07) is 9.48. The number of rotatable bonds is 6. The molecule has 1 N–H and O–H groups in total. The molecule has 1 heterocycles. The second-order valence-electron chi connectivity index (χ2n) is 5.91. The van der Waals surface area contributed by atoms with Gasteiger partial charge in [0.2, 0.25) is 0 Å². The van der Waals surface area contributed by atoms with Gasteiger partial charge >= 0.3 is 0 Å². The maximum atomic E-state index is 4.44. The van der Waals surface area contributed by atoms with Crippen molar-refractivity contribution in [2.45, 2.75) is 53.1 Å². The third-order valence-corrected chi connectivity index (χ3v) is 4.26. The number of hydrogen-bond donors (Lipinski definition) is 1. The number of benzene rings is 1. The summed E-state index contributed by atoms with van der Waals surface area (Å²) >= 11 is 0. The van der Waals surface area contributed by atoms with Crippen molar-refractivity contribution in [3.63, 3.8) is 0 Å². The number of hydrogen-bond acceptors (Lipinski definition) is 2. The van der Waals surface area contributed by atoms with Gasteiger partial charge < -0.3 is 9.88 Å². The average molecular weight is 285 g/mol. The molecule has 0 aliphatic heterocycles. The summed E-state index contributed by atoms with van der Waals surface area (Å²) < 4.78 is 2.28. The fourth-order valence-electron chi connectivity index (χ4n) is 2.73. The second kappa shape index (κ2) is 6.90. The molecule has 0 bridgehead atoms. The van der Waals surface area contributed by atoms with Crippen LogP contribution in [0.4, 0.5) is 0 Å². The molecule has 2 unspecified atom stereocenters. The van der Waals surface area contributed by atoms with Gasteiger partial charge in [-0.1, -0.05) is 36.8 Å². The standard InChI is InChI=1S/C18H27N3/c1-6-11-19-18(17-9-7-13(2)8-10-17)16(5)21-12-20-14(3)15(21)4/h7-10,12,16,18-19H,6,11H2,1-5H3. The first-order valence-corrected chi connectivity index (χ1v) is 7.84. The van der Waals surface area contributed by atoms with Crippen molar-refractivity contribution in [3.8, 4) is 0 Å². The van der Waals surface area contributed by atoms with Crippen molar-refractivity contribution in [2.24, 2.45) is 0 Å². The highest BCUT2D eigenvalue weighted by Gasteiger charge is 2.21. The Hall–Kier alpha value is -1.61. The van der Waals surface area contributed by atoms with E-state index in [0.717, 1.165) is 18.7 Å². The van der Waals surface area contributed by atoms with E-state index < -0.39 is 0 Å². The van der Waals surface area contributed by atoms with Gasteiger partial charge in [0.1, 0.15) is 0 Å². The fraction of sp³-hybridized carbons (Fsp3) is 0.500. The molecular formula is C18H27N3. The molecule has 0 radical (unpaired) electrons. The molecule has 1 aromatic carbocycles. The Labute approximate surface area is 128 Å². The van der Waals surface area contributed by atoms with Crippen LogP contribution in [-0.2, 0) is 0 Å². The van der Waals surface area contributed by atoms with Gasteiger partial charge in [0.25, 0.3) is 0 Å². The van der Waals surface area contributed by atoms with Crippen LogP contribution < -0.4 is 5.32 Å². The zero-order valence-electron chi connectivity index (χ0n) is 13.9. The third kappa shape index (κ3) is 3.53. The number of nitrogens with zero attached hydrogens (tertiary/aromatic N) is 2. The SMILES string of the molecule is CCCNC(c1ccc(C)cc1)C(C)n1cnc(C)c1C. The largest absolute Gasteiger partial charge is 0.330 e. The van der Waals surface area contributed by atoms with Crippen LogP contribution in [0, 0.1) is 20.8 Å². The molecule has 2 rings (SSSR count). The van der Waals surface area contributed by atoms with Crippen LogP contribution in [0.15, 0.2) is 30.6 Å². The van der Waals surface area contributed by atoms with Gasteiger partial charge in [0.15, 0.2) is 0 Å². The lowest BCUT2D eigenvalue weighted by Crippen LogP contribution is -2.29. The van der Waals surface area contributed by atoms with E-state index in [2.05, 4.69) is 73.8 Å². The molecule has 0 saturated heterocycles. The summed E-state index contributed by atoms with van der Waals surface area (Å²) in [6.07, 6.45) is 3.10. The highest BCUT2D eigenvalue weighted by Crippen LogP contribution is 2.28. The topological polar surface area (TPSA) is 29.9 Å². The minimum absolute atomic E-state index is 0.304. The maximum Gasteiger partial charge on any atom is 0.0954 e. The molecule has 114 valence electrons. The minimum atomic E-state index is 0.304. The van der Waals surface area contributed by atoms with Gasteiger partial charge in [-0.05, 0) is 46.2 Å². The van der Waals surface area contributed by atoms with E-state index >= 15 is 0 Å².